The normalized spacial score (nSPS) is 11.5. The molecule has 0 aliphatic carbocycles. The first kappa shape index (κ1) is 25.6. The summed E-state index contributed by atoms with van der Waals surface area (Å²) in [6.45, 7) is 7.69. The van der Waals surface area contributed by atoms with Crippen LogP contribution in [-0.2, 0) is 33.3 Å². The van der Waals surface area contributed by atoms with Gasteiger partial charge >= 0.3 is 24.1 Å². The molecule has 0 atom stereocenters. The number of hydrogen-bond acceptors (Lipinski definition) is 7. The van der Waals surface area contributed by atoms with Crippen molar-refractivity contribution in [3.05, 3.63) is 24.8 Å². The maximum Gasteiger partial charge on any atom is 0.422 e. The molecule has 0 fully saturated rings. The number of alkyl halides is 3. The second kappa shape index (κ2) is 12.2. The molecule has 0 rings (SSSR count). The van der Waals surface area contributed by atoms with Gasteiger partial charge in [-0.05, 0) is 12.8 Å². The molecule has 0 saturated carbocycles. The van der Waals surface area contributed by atoms with E-state index in [4.69, 9.17) is 14.2 Å². The number of halogens is 3. The van der Waals surface area contributed by atoms with Crippen molar-refractivity contribution in [2.45, 2.75) is 44.9 Å². The van der Waals surface area contributed by atoms with Gasteiger partial charge in [0.05, 0.1) is 25.2 Å². The van der Waals surface area contributed by atoms with Crippen LogP contribution in [0.5, 0.6) is 0 Å². The van der Waals surface area contributed by atoms with Gasteiger partial charge in [0, 0.05) is 0 Å². The molecule has 160 valence electrons. The molecular weight excluding hydrogens is 385 g/mol. The van der Waals surface area contributed by atoms with E-state index in [-0.39, 0.29) is 31.6 Å². The van der Waals surface area contributed by atoms with E-state index in [1.165, 1.54) is 6.08 Å². The summed E-state index contributed by atoms with van der Waals surface area (Å²) >= 11 is 0. The number of carbonyl (C=O) groups excluding carboxylic acids is 3. The van der Waals surface area contributed by atoms with Crippen molar-refractivity contribution < 1.29 is 46.5 Å². The Morgan fingerprint density at radius 1 is 1.00 bits per heavy atom. The predicted molar refractivity (Wildman–Crippen MR) is 92.2 cm³/mol. The van der Waals surface area contributed by atoms with E-state index in [2.05, 4.69) is 17.9 Å². The Bertz CT molecular complexity index is 566. The highest BCUT2D eigenvalue weighted by Crippen LogP contribution is 2.26. The van der Waals surface area contributed by atoms with Gasteiger partial charge in [0.1, 0.15) is 5.60 Å². The largest absolute Gasteiger partial charge is 0.456 e. The predicted octanol–water partition coefficient (Wildman–Crippen LogP) is 2.89. The van der Waals surface area contributed by atoms with Crippen LogP contribution in [0.1, 0.15) is 33.1 Å². The molecular formula is C18H25F3O7. The summed E-state index contributed by atoms with van der Waals surface area (Å²) in [6, 6.07) is 0. The maximum atomic E-state index is 12.1. The van der Waals surface area contributed by atoms with Crippen LogP contribution >= 0.6 is 0 Å². The zero-order valence-electron chi connectivity index (χ0n) is 15.9. The van der Waals surface area contributed by atoms with Gasteiger partial charge in [-0.1, -0.05) is 26.5 Å². The number of hydrogen-bond donors (Lipinski definition) is 0. The lowest BCUT2D eigenvalue weighted by molar-refractivity contribution is -0.192. The molecule has 10 heteroatoms. The standard InChI is InChI=1S/C18H25F3O7/c1-5-8-25-10-13(4)16(24)26-11-15(23)28-17(6-2,7-3)9-14(22)27-12-18(19,20)21/h5H,1,4,6-12H2,2-3H3. The van der Waals surface area contributed by atoms with Crippen LogP contribution in [0.25, 0.3) is 0 Å². The van der Waals surface area contributed by atoms with Gasteiger partial charge in [0.15, 0.2) is 13.2 Å². The fourth-order valence-corrected chi connectivity index (χ4v) is 1.98. The topological polar surface area (TPSA) is 88.1 Å². The molecule has 0 N–H and O–H groups in total. The molecule has 0 aliphatic heterocycles. The molecule has 0 amide bonds. The second-order valence-corrected chi connectivity index (χ2v) is 5.80. The van der Waals surface area contributed by atoms with Gasteiger partial charge < -0.3 is 18.9 Å². The van der Waals surface area contributed by atoms with Crippen molar-refractivity contribution in [2.75, 3.05) is 26.4 Å². The van der Waals surface area contributed by atoms with Crippen molar-refractivity contribution >= 4 is 17.9 Å². The molecule has 28 heavy (non-hydrogen) atoms. The Morgan fingerprint density at radius 2 is 1.61 bits per heavy atom. The van der Waals surface area contributed by atoms with Gasteiger partial charge in [-0.2, -0.15) is 13.2 Å². The minimum Gasteiger partial charge on any atom is -0.456 e. The summed E-state index contributed by atoms with van der Waals surface area (Å²) in [6.07, 6.45) is -3.44. The van der Waals surface area contributed by atoms with Gasteiger partial charge in [-0.15, -0.1) is 6.58 Å². The minimum absolute atomic E-state index is 0.0253. The lowest BCUT2D eigenvalue weighted by Crippen LogP contribution is -2.38. The summed E-state index contributed by atoms with van der Waals surface area (Å²) < 4.78 is 55.5. The zero-order chi connectivity index (χ0) is 21.8. The first-order valence-electron chi connectivity index (χ1n) is 8.46. The summed E-state index contributed by atoms with van der Waals surface area (Å²) in [5.41, 5.74) is -1.39. The Hall–Kier alpha value is -2.36. The highest BCUT2D eigenvalue weighted by Gasteiger charge is 2.36. The summed E-state index contributed by atoms with van der Waals surface area (Å²) in [5, 5.41) is 0. The fourth-order valence-electron chi connectivity index (χ4n) is 1.98. The molecule has 0 saturated heterocycles. The van der Waals surface area contributed by atoms with E-state index >= 15 is 0 Å². The average molecular weight is 410 g/mol. The number of esters is 3. The summed E-state index contributed by atoms with van der Waals surface area (Å²) in [4.78, 5) is 35.3. The van der Waals surface area contributed by atoms with Gasteiger partial charge in [-0.25, -0.2) is 9.59 Å². The lowest BCUT2D eigenvalue weighted by Gasteiger charge is -2.30. The molecule has 7 nitrogen and oxygen atoms in total. The Kier molecular flexibility index (Phi) is 11.1. The zero-order valence-corrected chi connectivity index (χ0v) is 15.9. The van der Waals surface area contributed by atoms with Crippen molar-refractivity contribution in [1.29, 1.82) is 0 Å². The molecule has 0 aromatic carbocycles. The molecule has 0 spiro atoms. The van der Waals surface area contributed by atoms with Gasteiger partial charge in [-0.3, -0.25) is 4.79 Å². The second-order valence-electron chi connectivity index (χ2n) is 5.80. The van der Waals surface area contributed by atoms with Crippen molar-refractivity contribution in [3.63, 3.8) is 0 Å². The molecule has 0 heterocycles. The van der Waals surface area contributed by atoms with E-state index in [1.54, 1.807) is 13.8 Å². The fraction of sp³-hybridized carbons (Fsp3) is 0.611. The maximum absolute atomic E-state index is 12.1. The molecule has 0 bridgehead atoms. The van der Waals surface area contributed by atoms with Crippen molar-refractivity contribution in [1.82, 2.24) is 0 Å². The van der Waals surface area contributed by atoms with E-state index in [1.807, 2.05) is 0 Å². The third-order valence-electron chi connectivity index (χ3n) is 3.60. The highest BCUT2D eigenvalue weighted by atomic mass is 19.4. The number of rotatable bonds is 13. The van der Waals surface area contributed by atoms with Crippen LogP contribution in [-0.4, -0.2) is 56.1 Å². The monoisotopic (exact) mass is 410 g/mol. The Labute approximate surface area is 161 Å². The van der Waals surface area contributed by atoms with Crippen LogP contribution in [0.2, 0.25) is 0 Å². The van der Waals surface area contributed by atoms with Crippen LogP contribution in [0.4, 0.5) is 13.2 Å². The third kappa shape index (κ3) is 10.7. The quantitative estimate of drug-likeness (QED) is 0.152. The molecule has 0 unspecified atom stereocenters. The molecule has 0 radical (unpaired) electrons. The Balaban J connectivity index is 4.63. The number of ether oxygens (including phenoxy) is 4. The molecule has 0 aliphatic rings. The number of carbonyl (C=O) groups is 3. The SMILES string of the molecule is C=CCOCC(=C)C(=O)OCC(=O)OC(CC)(CC)CC(=O)OCC(F)(F)F. The third-order valence-corrected chi connectivity index (χ3v) is 3.60. The first-order valence-corrected chi connectivity index (χ1v) is 8.46. The molecule has 0 aromatic rings. The van der Waals surface area contributed by atoms with E-state index in [0.29, 0.717) is 0 Å². The van der Waals surface area contributed by atoms with E-state index < -0.39 is 49.3 Å². The van der Waals surface area contributed by atoms with Gasteiger partial charge in [0.2, 0.25) is 0 Å². The summed E-state index contributed by atoms with van der Waals surface area (Å²) in [5.74, 6) is -2.98. The minimum atomic E-state index is -4.65. The van der Waals surface area contributed by atoms with Crippen LogP contribution in [0.15, 0.2) is 24.8 Å². The van der Waals surface area contributed by atoms with Gasteiger partial charge in [0.25, 0.3) is 0 Å². The smallest absolute Gasteiger partial charge is 0.422 e. The van der Waals surface area contributed by atoms with Crippen molar-refractivity contribution in [2.24, 2.45) is 0 Å². The summed E-state index contributed by atoms with van der Waals surface area (Å²) in [7, 11) is 0. The highest BCUT2D eigenvalue weighted by molar-refractivity contribution is 5.89. The average Bonchev–Trinajstić information content (AvgIpc) is 2.63. The first-order chi connectivity index (χ1) is 13.0. The van der Waals surface area contributed by atoms with Crippen molar-refractivity contribution in [3.8, 4) is 0 Å². The van der Waals surface area contributed by atoms with Crippen LogP contribution < -0.4 is 0 Å². The Morgan fingerprint density at radius 3 is 2.11 bits per heavy atom. The molecule has 0 aromatic heterocycles. The lowest BCUT2D eigenvalue weighted by atomic mass is 9.93. The van der Waals surface area contributed by atoms with E-state index in [0.717, 1.165) is 0 Å². The van der Waals surface area contributed by atoms with Crippen LogP contribution in [0, 0.1) is 0 Å². The van der Waals surface area contributed by atoms with Crippen LogP contribution in [0.3, 0.4) is 0 Å². The van der Waals surface area contributed by atoms with E-state index in [9.17, 15) is 27.6 Å².